The van der Waals surface area contributed by atoms with Crippen LogP contribution in [0.3, 0.4) is 0 Å². The lowest BCUT2D eigenvalue weighted by molar-refractivity contribution is -0.118. The molecular formula is C20H22Cl2N4O3S. The molecule has 1 aliphatic rings. The standard InChI is InChI=1S/C20H22Cl2N4O3S/c1-11-9-12(2)24-19(23-11)26-30(28,29)14-7-5-13(6-8-14)25-18(27)17-15(10-16(21)22)20(17,3)4/h5-10,15,17H,1-4H3,(H,25,27)(H,23,24,26). The van der Waals surface area contributed by atoms with Crippen LogP contribution in [0.4, 0.5) is 11.6 Å². The molecule has 160 valence electrons. The van der Waals surface area contributed by atoms with Gasteiger partial charge in [-0.2, -0.15) is 0 Å². The Hall–Kier alpha value is -2.16. The highest BCUT2D eigenvalue weighted by Gasteiger charge is 2.60. The molecule has 2 aromatic rings. The minimum atomic E-state index is -3.86. The van der Waals surface area contributed by atoms with Crippen LogP contribution in [0, 0.1) is 31.1 Å². The summed E-state index contributed by atoms with van der Waals surface area (Å²) in [6.07, 6.45) is 1.67. The van der Waals surface area contributed by atoms with Crippen LogP contribution in [-0.4, -0.2) is 24.3 Å². The van der Waals surface area contributed by atoms with E-state index in [2.05, 4.69) is 20.0 Å². The summed E-state index contributed by atoms with van der Waals surface area (Å²) < 4.78 is 27.7. The van der Waals surface area contributed by atoms with Crippen LogP contribution in [-0.2, 0) is 14.8 Å². The fourth-order valence-electron chi connectivity index (χ4n) is 3.51. The van der Waals surface area contributed by atoms with E-state index in [-0.39, 0.29) is 38.5 Å². The van der Waals surface area contributed by atoms with Crippen LogP contribution in [0.25, 0.3) is 0 Å². The molecule has 1 amide bonds. The van der Waals surface area contributed by atoms with Gasteiger partial charge in [0.25, 0.3) is 10.0 Å². The number of benzene rings is 1. The largest absolute Gasteiger partial charge is 0.326 e. The minimum absolute atomic E-state index is 0.0119. The third-order valence-electron chi connectivity index (χ3n) is 5.14. The van der Waals surface area contributed by atoms with E-state index in [1.807, 2.05) is 13.8 Å². The van der Waals surface area contributed by atoms with Gasteiger partial charge >= 0.3 is 0 Å². The quantitative estimate of drug-likeness (QED) is 0.652. The molecule has 3 rings (SSSR count). The Morgan fingerprint density at radius 1 is 1.10 bits per heavy atom. The molecule has 1 aliphatic carbocycles. The van der Waals surface area contributed by atoms with Crippen molar-refractivity contribution in [2.45, 2.75) is 32.6 Å². The number of sulfonamides is 1. The van der Waals surface area contributed by atoms with Crippen LogP contribution < -0.4 is 10.0 Å². The summed E-state index contributed by atoms with van der Waals surface area (Å²) in [5.74, 6) is -0.480. The Kier molecular flexibility index (Phi) is 6.13. The van der Waals surface area contributed by atoms with Gasteiger partial charge in [0.1, 0.15) is 4.49 Å². The average Bonchev–Trinajstić information content (AvgIpc) is 3.13. The molecule has 1 saturated carbocycles. The number of carbonyl (C=O) groups excluding carboxylic acids is 1. The van der Waals surface area contributed by atoms with Gasteiger partial charge in [-0.25, -0.2) is 23.1 Å². The average molecular weight is 469 g/mol. The van der Waals surface area contributed by atoms with E-state index in [1.165, 1.54) is 24.3 Å². The molecule has 0 saturated heterocycles. The minimum Gasteiger partial charge on any atom is -0.326 e. The van der Waals surface area contributed by atoms with Crippen molar-refractivity contribution in [2.24, 2.45) is 17.3 Å². The first kappa shape index (κ1) is 22.5. The highest BCUT2D eigenvalue weighted by molar-refractivity contribution is 7.92. The van der Waals surface area contributed by atoms with Crippen molar-refractivity contribution in [3.05, 3.63) is 52.3 Å². The lowest BCUT2D eigenvalue weighted by Crippen LogP contribution is -2.18. The van der Waals surface area contributed by atoms with Crippen LogP contribution in [0.15, 0.2) is 45.8 Å². The molecule has 1 aromatic carbocycles. The van der Waals surface area contributed by atoms with Crippen molar-refractivity contribution in [2.75, 3.05) is 10.0 Å². The summed E-state index contributed by atoms with van der Waals surface area (Å²) in [5, 5.41) is 2.81. The molecule has 0 aliphatic heterocycles. The van der Waals surface area contributed by atoms with E-state index in [0.717, 1.165) is 0 Å². The summed E-state index contributed by atoms with van der Waals surface area (Å²) in [6, 6.07) is 7.63. The van der Waals surface area contributed by atoms with Gasteiger partial charge in [0.15, 0.2) is 0 Å². The van der Waals surface area contributed by atoms with E-state index in [0.29, 0.717) is 17.1 Å². The molecule has 0 spiro atoms. The highest BCUT2D eigenvalue weighted by Crippen LogP contribution is 2.60. The number of amides is 1. The molecule has 7 nitrogen and oxygen atoms in total. The van der Waals surface area contributed by atoms with Gasteiger partial charge in [-0.3, -0.25) is 4.79 Å². The van der Waals surface area contributed by atoms with Crippen molar-refractivity contribution >= 4 is 50.8 Å². The first-order chi connectivity index (χ1) is 13.9. The van der Waals surface area contributed by atoms with Gasteiger partial charge in [-0.15, -0.1) is 0 Å². The highest BCUT2D eigenvalue weighted by atomic mass is 35.5. The van der Waals surface area contributed by atoms with Gasteiger partial charge in [-0.05, 0) is 61.6 Å². The third kappa shape index (κ3) is 4.94. The molecule has 1 heterocycles. The van der Waals surface area contributed by atoms with E-state index >= 15 is 0 Å². The zero-order chi connectivity index (χ0) is 22.3. The Balaban J connectivity index is 1.70. The Labute approximate surface area is 186 Å². The molecule has 2 atom stereocenters. The van der Waals surface area contributed by atoms with Crippen molar-refractivity contribution in [1.29, 1.82) is 0 Å². The number of aromatic nitrogens is 2. The second-order valence-corrected chi connectivity index (χ2v) is 10.6. The summed E-state index contributed by atoms with van der Waals surface area (Å²) in [4.78, 5) is 20.8. The number of anilines is 2. The Bertz CT molecular complexity index is 1090. The van der Waals surface area contributed by atoms with Crippen LogP contribution in [0.5, 0.6) is 0 Å². The van der Waals surface area contributed by atoms with Gasteiger partial charge < -0.3 is 5.32 Å². The second-order valence-electron chi connectivity index (χ2n) is 7.87. The second kappa shape index (κ2) is 8.17. The summed E-state index contributed by atoms with van der Waals surface area (Å²) in [5.41, 5.74) is 1.55. The molecular weight excluding hydrogens is 447 g/mol. The first-order valence-corrected chi connectivity index (χ1v) is 11.4. The fraction of sp³-hybridized carbons (Fsp3) is 0.350. The van der Waals surface area contributed by atoms with E-state index in [4.69, 9.17) is 23.2 Å². The normalized spacial score (nSPS) is 19.7. The molecule has 2 N–H and O–H groups in total. The van der Waals surface area contributed by atoms with E-state index in [1.54, 1.807) is 26.0 Å². The number of carbonyl (C=O) groups is 1. The number of nitrogens with one attached hydrogen (secondary N) is 2. The molecule has 10 heteroatoms. The summed E-state index contributed by atoms with van der Waals surface area (Å²) in [6.45, 7) is 7.44. The maximum absolute atomic E-state index is 12.6. The molecule has 2 unspecified atom stereocenters. The Morgan fingerprint density at radius 2 is 1.67 bits per heavy atom. The fourth-order valence-corrected chi connectivity index (χ4v) is 4.73. The first-order valence-electron chi connectivity index (χ1n) is 9.19. The number of aryl methyl sites for hydroxylation is 2. The molecule has 30 heavy (non-hydrogen) atoms. The molecule has 1 aromatic heterocycles. The lowest BCUT2D eigenvalue weighted by atomic mass is 10.1. The van der Waals surface area contributed by atoms with Crippen LogP contribution >= 0.6 is 23.2 Å². The number of rotatable bonds is 6. The van der Waals surface area contributed by atoms with Crippen molar-refractivity contribution < 1.29 is 13.2 Å². The molecule has 1 fully saturated rings. The number of hydrogen-bond acceptors (Lipinski definition) is 5. The Morgan fingerprint density at radius 3 is 2.20 bits per heavy atom. The SMILES string of the molecule is Cc1cc(C)nc(NS(=O)(=O)c2ccc(NC(=O)C3C(C=C(Cl)Cl)C3(C)C)cc2)n1. The van der Waals surface area contributed by atoms with Crippen LogP contribution in [0.1, 0.15) is 25.2 Å². The number of nitrogens with zero attached hydrogens (tertiary/aromatic N) is 2. The third-order valence-corrected chi connectivity index (χ3v) is 6.73. The number of halogens is 2. The van der Waals surface area contributed by atoms with Gasteiger partial charge in [0.2, 0.25) is 11.9 Å². The van der Waals surface area contributed by atoms with Crippen molar-refractivity contribution in [3.8, 4) is 0 Å². The predicted molar refractivity (Wildman–Crippen MR) is 118 cm³/mol. The topological polar surface area (TPSA) is 101 Å². The van der Waals surface area contributed by atoms with E-state index in [9.17, 15) is 13.2 Å². The van der Waals surface area contributed by atoms with Gasteiger partial charge in [-0.1, -0.05) is 37.0 Å². The lowest BCUT2D eigenvalue weighted by Gasteiger charge is -2.10. The summed E-state index contributed by atoms with van der Waals surface area (Å²) in [7, 11) is -3.86. The van der Waals surface area contributed by atoms with Gasteiger partial charge in [0.05, 0.1) is 10.8 Å². The van der Waals surface area contributed by atoms with E-state index < -0.39 is 10.0 Å². The van der Waals surface area contributed by atoms with Crippen molar-refractivity contribution in [3.63, 3.8) is 0 Å². The zero-order valence-electron chi connectivity index (χ0n) is 16.9. The zero-order valence-corrected chi connectivity index (χ0v) is 19.2. The predicted octanol–water partition coefficient (Wildman–Crippen LogP) is 4.42. The summed E-state index contributed by atoms with van der Waals surface area (Å²) >= 11 is 11.5. The number of hydrogen-bond donors (Lipinski definition) is 2. The maximum Gasteiger partial charge on any atom is 0.264 e. The maximum atomic E-state index is 12.6. The van der Waals surface area contributed by atoms with Gasteiger partial charge in [0, 0.05) is 17.1 Å². The molecule has 0 bridgehead atoms. The number of allylic oxidation sites excluding steroid dienone is 1. The monoisotopic (exact) mass is 468 g/mol. The van der Waals surface area contributed by atoms with Crippen molar-refractivity contribution in [1.82, 2.24) is 9.97 Å². The smallest absolute Gasteiger partial charge is 0.264 e. The van der Waals surface area contributed by atoms with Crippen LogP contribution in [0.2, 0.25) is 0 Å². The molecule has 0 radical (unpaired) electrons.